The molecule has 110 valence electrons. The molecule has 1 saturated heterocycles. The summed E-state index contributed by atoms with van der Waals surface area (Å²) in [4.78, 5) is 26.7. The molecule has 0 radical (unpaired) electrons. The van der Waals surface area contributed by atoms with Gasteiger partial charge in [-0.05, 0) is 18.8 Å². The van der Waals surface area contributed by atoms with Crippen LogP contribution in [0.5, 0.6) is 0 Å². The van der Waals surface area contributed by atoms with Crippen LogP contribution in [0.3, 0.4) is 0 Å². The Kier molecular flexibility index (Phi) is 6.08. The summed E-state index contributed by atoms with van der Waals surface area (Å²) in [5, 5.41) is 9.14. The number of methoxy groups -OCH3 is 1. The number of hydrogen-bond acceptors (Lipinski definition) is 3. The Balaban J connectivity index is 2.71. The van der Waals surface area contributed by atoms with Crippen molar-refractivity contribution in [2.45, 2.75) is 32.7 Å². The van der Waals surface area contributed by atoms with Crippen LogP contribution in [0.2, 0.25) is 0 Å². The Labute approximate surface area is 114 Å². The van der Waals surface area contributed by atoms with Crippen LogP contribution >= 0.6 is 0 Å². The summed E-state index contributed by atoms with van der Waals surface area (Å²) in [5.74, 6) is -0.575. The van der Waals surface area contributed by atoms with Crippen molar-refractivity contribution in [1.29, 1.82) is 0 Å². The number of nitrogens with zero attached hydrogens (tertiary/aromatic N) is 2. The number of hydrogen-bond donors (Lipinski definition) is 1. The van der Waals surface area contributed by atoms with Crippen LogP contribution in [-0.4, -0.2) is 66.3 Å². The molecule has 1 aliphatic heterocycles. The fourth-order valence-corrected chi connectivity index (χ4v) is 2.34. The third kappa shape index (κ3) is 4.38. The number of carbonyl (C=O) groups excluding carboxylic acids is 1. The number of rotatable bonds is 6. The van der Waals surface area contributed by atoms with E-state index < -0.39 is 12.0 Å². The second-order valence-corrected chi connectivity index (χ2v) is 5.30. The van der Waals surface area contributed by atoms with Crippen molar-refractivity contribution in [2.24, 2.45) is 5.92 Å². The normalized spacial score (nSPS) is 18.9. The van der Waals surface area contributed by atoms with Gasteiger partial charge in [-0.1, -0.05) is 13.8 Å². The molecule has 6 nitrogen and oxygen atoms in total. The van der Waals surface area contributed by atoms with Crippen molar-refractivity contribution in [3.63, 3.8) is 0 Å². The molecule has 0 aliphatic carbocycles. The minimum Gasteiger partial charge on any atom is -0.480 e. The number of amides is 2. The van der Waals surface area contributed by atoms with Gasteiger partial charge >= 0.3 is 12.0 Å². The Morgan fingerprint density at radius 2 is 2.16 bits per heavy atom. The fraction of sp³-hybridized carbons (Fsp3) is 0.846. The average Bonchev–Trinajstić information content (AvgIpc) is 2.82. The lowest BCUT2D eigenvalue weighted by atomic mass is 10.2. The van der Waals surface area contributed by atoms with Crippen molar-refractivity contribution < 1.29 is 19.4 Å². The molecule has 1 aliphatic rings. The maximum atomic E-state index is 12.4. The van der Waals surface area contributed by atoms with Crippen molar-refractivity contribution in [3.8, 4) is 0 Å². The zero-order valence-electron chi connectivity index (χ0n) is 12.0. The number of urea groups is 1. The second kappa shape index (κ2) is 7.33. The molecule has 0 aromatic heterocycles. The summed E-state index contributed by atoms with van der Waals surface area (Å²) >= 11 is 0. The highest BCUT2D eigenvalue weighted by Crippen LogP contribution is 2.19. The van der Waals surface area contributed by atoms with Crippen LogP contribution in [-0.2, 0) is 9.53 Å². The van der Waals surface area contributed by atoms with E-state index in [1.807, 2.05) is 13.8 Å². The first-order chi connectivity index (χ1) is 8.97. The molecule has 1 unspecified atom stereocenters. The summed E-state index contributed by atoms with van der Waals surface area (Å²) in [6.45, 7) is 6.17. The van der Waals surface area contributed by atoms with Gasteiger partial charge in [0.25, 0.3) is 0 Å². The monoisotopic (exact) mass is 272 g/mol. The molecule has 19 heavy (non-hydrogen) atoms. The molecule has 0 saturated carbocycles. The predicted molar refractivity (Wildman–Crippen MR) is 71.0 cm³/mol. The van der Waals surface area contributed by atoms with Gasteiger partial charge in [-0.3, -0.25) is 0 Å². The quantitative estimate of drug-likeness (QED) is 0.790. The van der Waals surface area contributed by atoms with Crippen LogP contribution in [0, 0.1) is 5.92 Å². The highest BCUT2D eigenvalue weighted by Gasteiger charge is 2.36. The van der Waals surface area contributed by atoms with E-state index in [4.69, 9.17) is 9.84 Å². The van der Waals surface area contributed by atoms with Gasteiger partial charge in [0.2, 0.25) is 0 Å². The number of carboxylic acid groups (broad SMARTS) is 1. The Bertz CT molecular complexity index is 320. The van der Waals surface area contributed by atoms with Crippen molar-refractivity contribution in [1.82, 2.24) is 9.80 Å². The molecule has 0 aromatic rings. The van der Waals surface area contributed by atoms with E-state index in [0.717, 1.165) is 6.42 Å². The van der Waals surface area contributed by atoms with Crippen molar-refractivity contribution >= 4 is 12.0 Å². The van der Waals surface area contributed by atoms with Crippen molar-refractivity contribution in [3.05, 3.63) is 0 Å². The van der Waals surface area contributed by atoms with E-state index in [-0.39, 0.29) is 6.03 Å². The van der Waals surface area contributed by atoms with Gasteiger partial charge in [0, 0.05) is 26.7 Å². The minimum atomic E-state index is -0.915. The summed E-state index contributed by atoms with van der Waals surface area (Å²) < 4.78 is 5.01. The fourth-order valence-electron chi connectivity index (χ4n) is 2.34. The third-order valence-corrected chi connectivity index (χ3v) is 3.20. The average molecular weight is 272 g/mol. The van der Waals surface area contributed by atoms with E-state index >= 15 is 0 Å². The van der Waals surface area contributed by atoms with E-state index in [9.17, 15) is 9.59 Å². The molecule has 1 rings (SSSR count). The highest BCUT2D eigenvalue weighted by atomic mass is 16.5. The minimum absolute atomic E-state index is 0.185. The van der Waals surface area contributed by atoms with Crippen LogP contribution in [0.25, 0.3) is 0 Å². The highest BCUT2D eigenvalue weighted by molar-refractivity contribution is 5.83. The molecule has 1 heterocycles. The molecular formula is C13H24N2O4. The Hall–Kier alpha value is -1.30. The standard InChI is InChI=1S/C13H24N2O4/c1-10(2)9-14(7-8-19-3)13(18)15-6-4-5-11(15)12(16)17/h10-11H,4-9H2,1-3H3,(H,16,17). The maximum Gasteiger partial charge on any atom is 0.326 e. The zero-order valence-corrected chi connectivity index (χ0v) is 12.0. The molecule has 0 spiro atoms. The molecule has 1 N–H and O–H groups in total. The number of likely N-dealkylation sites (tertiary alicyclic amines) is 1. The number of ether oxygens (including phenoxy) is 1. The molecule has 2 amide bonds. The number of carboxylic acids is 1. The summed E-state index contributed by atoms with van der Waals surface area (Å²) in [6, 6.07) is -0.861. The molecule has 6 heteroatoms. The predicted octanol–water partition coefficient (Wildman–Crippen LogP) is 1.26. The molecular weight excluding hydrogens is 248 g/mol. The summed E-state index contributed by atoms with van der Waals surface area (Å²) in [7, 11) is 1.59. The summed E-state index contributed by atoms with van der Waals surface area (Å²) in [6.07, 6.45) is 1.30. The lowest BCUT2D eigenvalue weighted by Crippen LogP contribution is -2.49. The summed E-state index contributed by atoms with van der Waals surface area (Å²) in [5.41, 5.74) is 0. The zero-order chi connectivity index (χ0) is 14.4. The van der Waals surface area contributed by atoms with Crippen LogP contribution < -0.4 is 0 Å². The van der Waals surface area contributed by atoms with Crippen LogP contribution in [0.4, 0.5) is 4.79 Å². The van der Waals surface area contributed by atoms with E-state index in [2.05, 4.69) is 0 Å². The number of carbonyl (C=O) groups is 2. The van der Waals surface area contributed by atoms with Gasteiger partial charge < -0.3 is 19.6 Å². The van der Waals surface area contributed by atoms with E-state index in [1.165, 1.54) is 4.90 Å². The van der Waals surface area contributed by atoms with Gasteiger partial charge in [-0.2, -0.15) is 0 Å². The van der Waals surface area contributed by atoms with Crippen LogP contribution in [0.15, 0.2) is 0 Å². The first kappa shape index (κ1) is 15.8. The van der Waals surface area contributed by atoms with E-state index in [1.54, 1.807) is 12.0 Å². The van der Waals surface area contributed by atoms with Crippen LogP contribution in [0.1, 0.15) is 26.7 Å². The number of aliphatic carboxylic acids is 1. The smallest absolute Gasteiger partial charge is 0.326 e. The second-order valence-electron chi connectivity index (χ2n) is 5.30. The van der Waals surface area contributed by atoms with E-state index in [0.29, 0.717) is 38.6 Å². The van der Waals surface area contributed by atoms with Gasteiger partial charge in [0.05, 0.1) is 6.61 Å². The largest absolute Gasteiger partial charge is 0.480 e. The van der Waals surface area contributed by atoms with Crippen molar-refractivity contribution in [2.75, 3.05) is 33.4 Å². The lowest BCUT2D eigenvalue weighted by molar-refractivity contribution is -0.141. The van der Waals surface area contributed by atoms with Gasteiger partial charge in [0.15, 0.2) is 0 Å². The molecule has 1 fully saturated rings. The lowest BCUT2D eigenvalue weighted by Gasteiger charge is -2.31. The Morgan fingerprint density at radius 3 is 2.68 bits per heavy atom. The molecule has 0 aromatic carbocycles. The first-order valence-electron chi connectivity index (χ1n) is 6.74. The van der Waals surface area contributed by atoms with Gasteiger partial charge in [0.1, 0.15) is 6.04 Å². The topological polar surface area (TPSA) is 70.1 Å². The SMILES string of the molecule is COCCN(CC(C)C)C(=O)N1CCCC1C(=O)O. The van der Waals surface area contributed by atoms with Gasteiger partial charge in [-0.15, -0.1) is 0 Å². The third-order valence-electron chi connectivity index (χ3n) is 3.20. The van der Waals surface area contributed by atoms with Gasteiger partial charge in [-0.25, -0.2) is 9.59 Å². The maximum absolute atomic E-state index is 12.4. The Morgan fingerprint density at radius 1 is 1.47 bits per heavy atom. The first-order valence-corrected chi connectivity index (χ1v) is 6.74. The molecule has 0 bridgehead atoms. The molecule has 1 atom stereocenters.